The Morgan fingerprint density at radius 2 is 1.74 bits per heavy atom. The number of nitrogens with zero attached hydrogens (tertiary/aromatic N) is 5. The summed E-state index contributed by atoms with van der Waals surface area (Å²) in [6.07, 6.45) is 9.41. The zero-order valence-corrected chi connectivity index (χ0v) is 20.9. The molecule has 6 heterocycles. The number of imidazole rings is 1. The van der Waals surface area contributed by atoms with Crippen LogP contribution in [0.25, 0.3) is 56.0 Å². The van der Waals surface area contributed by atoms with Gasteiger partial charge in [0.1, 0.15) is 17.4 Å². The summed E-state index contributed by atoms with van der Waals surface area (Å²) in [5.41, 5.74) is 8.83. The van der Waals surface area contributed by atoms with E-state index in [4.69, 9.17) is 14.7 Å². The summed E-state index contributed by atoms with van der Waals surface area (Å²) >= 11 is 0. The van der Waals surface area contributed by atoms with Gasteiger partial charge in [0.2, 0.25) is 0 Å². The molecule has 1 aromatic carbocycles. The third-order valence-corrected chi connectivity index (χ3v) is 6.95. The highest BCUT2D eigenvalue weighted by atomic mass is 16.5. The number of rotatable bonds is 5. The first-order chi connectivity index (χ1) is 18.7. The fourth-order valence-electron chi connectivity index (χ4n) is 5.02. The van der Waals surface area contributed by atoms with Crippen molar-refractivity contribution in [2.75, 3.05) is 13.1 Å². The molecule has 0 amide bonds. The van der Waals surface area contributed by atoms with Crippen LogP contribution in [0.3, 0.4) is 0 Å². The van der Waals surface area contributed by atoms with Crippen LogP contribution in [-0.4, -0.2) is 54.3 Å². The van der Waals surface area contributed by atoms with Gasteiger partial charge in [-0.05, 0) is 56.6 Å². The molecular formula is C29H26N8O. The van der Waals surface area contributed by atoms with E-state index in [9.17, 15) is 0 Å². The fraction of sp³-hybridized carbons (Fsp3) is 0.207. The van der Waals surface area contributed by atoms with Gasteiger partial charge < -0.3 is 15.0 Å². The Kier molecular flexibility index (Phi) is 5.55. The van der Waals surface area contributed by atoms with Gasteiger partial charge in [0.25, 0.3) is 0 Å². The van der Waals surface area contributed by atoms with Gasteiger partial charge in [-0.1, -0.05) is 29.8 Å². The van der Waals surface area contributed by atoms with Crippen molar-refractivity contribution in [3.8, 4) is 39.7 Å². The maximum Gasteiger partial charge on any atom is 0.161 e. The normalized spacial score (nSPS) is 14.3. The number of aromatic nitrogens is 7. The molecule has 1 saturated heterocycles. The first-order valence-corrected chi connectivity index (χ1v) is 12.8. The minimum absolute atomic E-state index is 0.205. The molecule has 1 aliphatic rings. The lowest BCUT2D eigenvalue weighted by Crippen LogP contribution is -2.34. The molecule has 0 atom stereocenters. The van der Waals surface area contributed by atoms with E-state index in [1.807, 2.05) is 36.7 Å². The predicted octanol–water partition coefficient (Wildman–Crippen LogP) is 5.06. The molecule has 0 radical (unpaired) electrons. The number of ether oxygens (including phenoxy) is 1. The molecule has 0 spiro atoms. The lowest BCUT2D eigenvalue weighted by atomic mass is 10.0. The first kappa shape index (κ1) is 22.6. The molecule has 188 valence electrons. The summed E-state index contributed by atoms with van der Waals surface area (Å²) in [6.45, 7) is 4.03. The van der Waals surface area contributed by atoms with Crippen LogP contribution in [0.15, 0.2) is 67.3 Å². The Labute approximate surface area is 218 Å². The Morgan fingerprint density at radius 3 is 2.63 bits per heavy atom. The Balaban J connectivity index is 1.26. The second-order valence-corrected chi connectivity index (χ2v) is 9.68. The molecule has 1 aliphatic heterocycles. The number of benzene rings is 1. The van der Waals surface area contributed by atoms with Crippen LogP contribution in [0.4, 0.5) is 0 Å². The van der Waals surface area contributed by atoms with E-state index in [0.717, 1.165) is 76.1 Å². The fourth-order valence-corrected chi connectivity index (χ4v) is 5.02. The molecule has 0 saturated carbocycles. The van der Waals surface area contributed by atoms with Gasteiger partial charge >= 0.3 is 0 Å². The van der Waals surface area contributed by atoms with Gasteiger partial charge in [0.15, 0.2) is 11.5 Å². The van der Waals surface area contributed by atoms with Gasteiger partial charge in [0.05, 0.1) is 34.6 Å². The second-order valence-electron chi connectivity index (χ2n) is 9.68. The van der Waals surface area contributed by atoms with Gasteiger partial charge in [-0.3, -0.25) is 15.1 Å². The maximum atomic E-state index is 6.20. The topological polar surface area (TPSA) is 117 Å². The van der Waals surface area contributed by atoms with E-state index in [2.05, 4.69) is 55.6 Å². The zero-order chi connectivity index (χ0) is 25.5. The molecule has 0 bridgehead atoms. The lowest BCUT2D eigenvalue weighted by molar-refractivity contribution is 0.162. The quantitative estimate of drug-likeness (QED) is 0.301. The maximum absolute atomic E-state index is 6.20. The van der Waals surface area contributed by atoms with Crippen molar-refractivity contribution in [1.82, 2.24) is 40.4 Å². The molecule has 3 N–H and O–H groups in total. The SMILES string of the molecule is Cc1cccc(-c2cncc3[nH]c(-c4n[nH]c5ccc(-c6cncc(OC7CCNCC7)c6)nc45)nc23)c1. The standard InChI is InChI=1S/C29H26N8O/c1-17-3-2-4-18(11-17)22-15-32-16-25-26(22)35-29(34-25)28-27-24(36-37-28)6-5-23(33-27)19-12-21(14-31-13-19)38-20-7-9-30-10-8-20/h2-6,11-16,20,30H,7-10H2,1H3,(H,34,35)(H,36,37). The molecule has 1 fully saturated rings. The molecule has 6 aromatic rings. The van der Waals surface area contributed by atoms with E-state index >= 15 is 0 Å². The summed E-state index contributed by atoms with van der Waals surface area (Å²) in [6, 6.07) is 14.3. The number of pyridine rings is 3. The molecule has 7 rings (SSSR count). The Hall–Kier alpha value is -4.63. The van der Waals surface area contributed by atoms with Gasteiger partial charge in [-0.15, -0.1) is 0 Å². The van der Waals surface area contributed by atoms with Crippen LogP contribution < -0.4 is 10.1 Å². The summed E-state index contributed by atoms with van der Waals surface area (Å²) in [5, 5.41) is 11.0. The molecular weight excluding hydrogens is 476 g/mol. The predicted molar refractivity (Wildman–Crippen MR) is 147 cm³/mol. The van der Waals surface area contributed by atoms with E-state index in [1.54, 1.807) is 12.4 Å². The molecule has 0 aliphatic carbocycles. The summed E-state index contributed by atoms with van der Waals surface area (Å²) in [4.78, 5) is 22.2. The molecule has 0 unspecified atom stereocenters. The average molecular weight is 503 g/mol. The molecule has 5 aromatic heterocycles. The monoisotopic (exact) mass is 502 g/mol. The van der Waals surface area contributed by atoms with Crippen molar-refractivity contribution >= 4 is 22.1 Å². The highest BCUT2D eigenvalue weighted by Gasteiger charge is 2.18. The summed E-state index contributed by atoms with van der Waals surface area (Å²) in [7, 11) is 0. The highest BCUT2D eigenvalue weighted by molar-refractivity contribution is 5.95. The third-order valence-electron chi connectivity index (χ3n) is 6.95. The van der Waals surface area contributed by atoms with E-state index in [1.165, 1.54) is 5.56 Å². The summed E-state index contributed by atoms with van der Waals surface area (Å²) < 4.78 is 6.20. The first-order valence-electron chi connectivity index (χ1n) is 12.8. The third kappa shape index (κ3) is 4.16. The van der Waals surface area contributed by atoms with Crippen LogP contribution in [0.5, 0.6) is 5.75 Å². The lowest BCUT2D eigenvalue weighted by Gasteiger charge is -2.23. The van der Waals surface area contributed by atoms with Gasteiger partial charge in [-0.2, -0.15) is 5.10 Å². The smallest absolute Gasteiger partial charge is 0.161 e. The van der Waals surface area contributed by atoms with E-state index < -0.39 is 0 Å². The minimum Gasteiger partial charge on any atom is -0.489 e. The molecule has 9 nitrogen and oxygen atoms in total. The number of piperidine rings is 1. The van der Waals surface area contributed by atoms with Crippen LogP contribution in [0.2, 0.25) is 0 Å². The number of aryl methyl sites for hydroxylation is 1. The van der Waals surface area contributed by atoms with Crippen molar-refractivity contribution in [1.29, 1.82) is 0 Å². The number of hydrogen-bond donors (Lipinski definition) is 3. The number of hydrogen-bond acceptors (Lipinski definition) is 7. The summed E-state index contributed by atoms with van der Waals surface area (Å²) in [5.74, 6) is 1.40. The highest BCUT2D eigenvalue weighted by Crippen LogP contribution is 2.32. The largest absolute Gasteiger partial charge is 0.489 e. The number of fused-ring (bicyclic) bond motifs is 2. The number of H-pyrrole nitrogens is 2. The van der Waals surface area contributed by atoms with Gasteiger partial charge in [-0.25, -0.2) is 9.97 Å². The minimum atomic E-state index is 0.205. The van der Waals surface area contributed by atoms with Crippen molar-refractivity contribution in [2.24, 2.45) is 0 Å². The van der Waals surface area contributed by atoms with E-state index in [0.29, 0.717) is 11.5 Å². The molecule has 9 heteroatoms. The van der Waals surface area contributed by atoms with Crippen molar-refractivity contribution in [3.63, 3.8) is 0 Å². The van der Waals surface area contributed by atoms with Crippen LogP contribution in [0, 0.1) is 6.92 Å². The second kappa shape index (κ2) is 9.35. The number of aromatic amines is 2. The Morgan fingerprint density at radius 1 is 0.842 bits per heavy atom. The number of nitrogens with one attached hydrogen (secondary N) is 3. The van der Waals surface area contributed by atoms with Crippen molar-refractivity contribution < 1.29 is 4.74 Å². The van der Waals surface area contributed by atoms with Crippen LogP contribution in [0.1, 0.15) is 18.4 Å². The van der Waals surface area contributed by atoms with E-state index in [-0.39, 0.29) is 6.10 Å². The van der Waals surface area contributed by atoms with Crippen molar-refractivity contribution in [3.05, 3.63) is 72.8 Å². The van der Waals surface area contributed by atoms with Crippen molar-refractivity contribution in [2.45, 2.75) is 25.9 Å². The van der Waals surface area contributed by atoms with Crippen LogP contribution >= 0.6 is 0 Å². The average Bonchev–Trinajstić information content (AvgIpc) is 3.57. The Bertz CT molecular complexity index is 1770. The zero-order valence-electron chi connectivity index (χ0n) is 20.9. The van der Waals surface area contributed by atoms with Gasteiger partial charge in [0, 0.05) is 23.5 Å². The molecule has 38 heavy (non-hydrogen) atoms. The van der Waals surface area contributed by atoms with Crippen LogP contribution in [-0.2, 0) is 0 Å².